The predicted octanol–water partition coefficient (Wildman–Crippen LogP) is -4.24. The second-order valence-corrected chi connectivity index (χ2v) is 51.0. The molecule has 0 aliphatic heterocycles. The molecular formula is C2H8O9Si10. The van der Waals surface area contributed by atoms with Crippen molar-refractivity contribution in [2.75, 3.05) is 0 Å². The van der Waals surface area contributed by atoms with Crippen LogP contribution < -0.4 is 0 Å². The Morgan fingerprint density at radius 1 is 0.619 bits per heavy atom. The van der Waals surface area contributed by atoms with Crippen LogP contribution in [-0.2, 0) is 40.2 Å². The highest BCUT2D eigenvalue weighted by Gasteiger charge is 2.48. The van der Waals surface area contributed by atoms with Crippen LogP contribution in [0.3, 0.4) is 0 Å². The molecule has 0 aliphatic carbocycles. The van der Waals surface area contributed by atoms with Crippen LogP contribution in [0.25, 0.3) is 0 Å². The maximum atomic E-state index is 11.8. The first kappa shape index (κ1) is 21.4. The summed E-state index contributed by atoms with van der Waals surface area (Å²) in [7, 11) is -30.1. The van der Waals surface area contributed by atoms with Crippen molar-refractivity contribution in [3.63, 3.8) is 0 Å². The fraction of sp³-hybridized carbons (Fsp3) is 1.00. The molecule has 0 rings (SSSR count). The standard InChI is InChI=1S/C2H8O9Si10/c1-13(2)15(5)17(7)19(9)21(11)20(10)18(8)16(6)14(4)12-3/h12-13H,1-2H3. The molecule has 0 aromatic rings. The molecule has 0 spiro atoms. The van der Waals surface area contributed by atoms with Crippen LogP contribution >= 0.6 is 0 Å². The van der Waals surface area contributed by atoms with E-state index in [-0.39, 0.29) is 0 Å². The van der Waals surface area contributed by atoms with Gasteiger partial charge in [-0.05, 0) is 0 Å². The van der Waals surface area contributed by atoms with E-state index in [4.69, 9.17) is 0 Å². The van der Waals surface area contributed by atoms with Gasteiger partial charge in [-0.3, -0.25) is 0 Å². The number of hydrogen-bond acceptors (Lipinski definition) is 9. The van der Waals surface area contributed by atoms with Gasteiger partial charge >= 0.3 is 70.7 Å². The second kappa shape index (κ2) is 9.49. The minimum atomic E-state index is -3.57. The van der Waals surface area contributed by atoms with E-state index in [1.807, 2.05) is 0 Å². The van der Waals surface area contributed by atoms with Crippen molar-refractivity contribution in [3.05, 3.63) is 0 Å². The van der Waals surface area contributed by atoms with Crippen molar-refractivity contribution in [3.8, 4) is 0 Å². The molecule has 0 atom stereocenters. The highest BCUT2D eigenvalue weighted by atomic mass is 30.0. The summed E-state index contributed by atoms with van der Waals surface area (Å²) in [6.45, 7) is 3.23. The van der Waals surface area contributed by atoms with E-state index in [2.05, 4.69) is 0 Å². The molecule has 9 nitrogen and oxygen atoms in total. The van der Waals surface area contributed by atoms with Crippen LogP contribution in [-0.4, -0.2) is 79.0 Å². The first-order valence-corrected chi connectivity index (χ1v) is 30.0. The highest BCUT2D eigenvalue weighted by Crippen LogP contribution is 1.86. The Balaban J connectivity index is 5.19. The summed E-state index contributed by atoms with van der Waals surface area (Å²) in [5.41, 5.74) is 0. The predicted molar refractivity (Wildman–Crippen MR) is 78.2 cm³/mol. The van der Waals surface area contributed by atoms with Gasteiger partial charge in [-0.1, -0.05) is 13.1 Å². The largest absolute Gasteiger partial charge is 0.389 e. The summed E-state index contributed by atoms with van der Waals surface area (Å²) in [5, 5.41) is 0. The molecular weight excluding hydrogens is 449 g/mol. The third kappa shape index (κ3) is 5.82. The van der Waals surface area contributed by atoms with E-state index in [9.17, 15) is 40.2 Å². The molecule has 0 bridgehead atoms. The lowest BCUT2D eigenvalue weighted by atomic mass is 11.9. The van der Waals surface area contributed by atoms with E-state index in [0.717, 1.165) is 0 Å². The molecule has 0 aromatic heterocycles. The van der Waals surface area contributed by atoms with Crippen LogP contribution in [0.1, 0.15) is 0 Å². The van der Waals surface area contributed by atoms with Gasteiger partial charge in [-0.2, -0.15) is 0 Å². The summed E-state index contributed by atoms with van der Waals surface area (Å²) in [5.74, 6) is 0. The Hall–Kier alpha value is 0.369. The average Bonchev–Trinajstić information content (AvgIpc) is 2.48. The summed E-state index contributed by atoms with van der Waals surface area (Å²) in [4.78, 5) is 0. The SMILES string of the molecule is C[SiH](C)[Si](=O)[Si](=O)[Si](=O)[Si](=O)[Si](=O)[Si](=O)[Si](=O)[Si](=O)[SiH]=O. The Morgan fingerprint density at radius 3 is 1.29 bits per heavy atom. The van der Waals surface area contributed by atoms with Gasteiger partial charge in [0, 0.05) is 0 Å². The fourth-order valence-electron chi connectivity index (χ4n) is 0.952. The van der Waals surface area contributed by atoms with E-state index < -0.39 is 79.0 Å². The number of rotatable bonds is 9. The van der Waals surface area contributed by atoms with E-state index in [0.29, 0.717) is 0 Å². The maximum Gasteiger partial charge on any atom is 0.381 e. The van der Waals surface area contributed by atoms with E-state index in [1.54, 1.807) is 13.1 Å². The zero-order valence-electron chi connectivity index (χ0n) is 10.8. The van der Waals surface area contributed by atoms with Gasteiger partial charge in [0.15, 0.2) is 0 Å². The van der Waals surface area contributed by atoms with Crippen LogP contribution in [0, 0.1) is 0 Å². The Morgan fingerprint density at radius 2 is 0.952 bits per heavy atom. The Labute approximate surface area is 132 Å². The van der Waals surface area contributed by atoms with Crippen molar-refractivity contribution >= 4 is 79.0 Å². The van der Waals surface area contributed by atoms with Crippen LogP contribution in [0.5, 0.6) is 0 Å². The molecule has 0 saturated heterocycles. The molecule has 0 amide bonds. The molecule has 19 heteroatoms. The van der Waals surface area contributed by atoms with E-state index in [1.165, 1.54) is 0 Å². The summed E-state index contributed by atoms with van der Waals surface area (Å²) < 4.78 is 103. The van der Waals surface area contributed by atoms with Gasteiger partial charge in [0.05, 0.1) is 8.31 Å². The molecule has 0 heterocycles. The molecule has 0 radical (unpaired) electrons. The van der Waals surface area contributed by atoms with Crippen molar-refractivity contribution in [2.24, 2.45) is 0 Å². The van der Waals surface area contributed by atoms with Crippen molar-refractivity contribution in [2.45, 2.75) is 13.1 Å². The lowest BCUT2D eigenvalue weighted by molar-refractivity contribution is 0.535. The van der Waals surface area contributed by atoms with Gasteiger partial charge in [0.1, 0.15) is 0 Å². The zero-order chi connectivity index (χ0) is 16.9. The van der Waals surface area contributed by atoms with Crippen molar-refractivity contribution in [1.82, 2.24) is 0 Å². The third-order valence-corrected chi connectivity index (χ3v) is 71.3. The second-order valence-electron chi connectivity index (χ2n) is 3.98. The minimum absolute atomic E-state index is 1.62. The van der Waals surface area contributed by atoms with E-state index >= 15 is 0 Å². The van der Waals surface area contributed by atoms with Gasteiger partial charge < -0.3 is 40.2 Å². The molecule has 21 heavy (non-hydrogen) atoms. The monoisotopic (exact) mass is 456 g/mol. The maximum absolute atomic E-state index is 11.8. The normalized spacial score (nSPS) is 9.67. The smallest absolute Gasteiger partial charge is 0.381 e. The Bertz CT molecular complexity index is 614. The molecule has 0 N–H and O–H groups in total. The van der Waals surface area contributed by atoms with Crippen LogP contribution in [0.2, 0.25) is 13.1 Å². The molecule has 0 fully saturated rings. The minimum Gasteiger partial charge on any atom is -0.389 e. The lowest BCUT2D eigenvalue weighted by Crippen LogP contribution is -2.52. The molecule has 0 unspecified atom stereocenters. The molecule has 0 aromatic carbocycles. The summed E-state index contributed by atoms with van der Waals surface area (Å²) in [6.07, 6.45) is 0. The third-order valence-electron chi connectivity index (χ3n) is 2.11. The van der Waals surface area contributed by atoms with Gasteiger partial charge in [0.2, 0.25) is 0 Å². The van der Waals surface area contributed by atoms with Crippen molar-refractivity contribution in [1.29, 1.82) is 0 Å². The summed E-state index contributed by atoms with van der Waals surface area (Å²) >= 11 is 0. The van der Waals surface area contributed by atoms with Crippen LogP contribution in [0.4, 0.5) is 0 Å². The quantitative estimate of drug-likeness (QED) is 0.314. The first-order valence-electron chi connectivity index (χ1n) is 5.35. The fourth-order valence-corrected chi connectivity index (χ4v) is 94.6. The number of hydrogen-bond donors (Lipinski definition) is 0. The van der Waals surface area contributed by atoms with Gasteiger partial charge in [-0.15, -0.1) is 0 Å². The average molecular weight is 457 g/mol. The lowest BCUT2D eigenvalue weighted by Gasteiger charge is -1.94. The molecule has 110 valence electrons. The highest BCUT2D eigenvalue weighted by molar-refractivity contribution is 7.76. The first-order chi connectivity index (χ1) is 9.56. The van der Waals surface area contributed by atoms with Crippen molar-refractivity contribution < 1.29 is 40.2 Å². The Kier molecular flexibility index (Phi) is 9.66. The van der Waals surface area contributed by atoms with Crippen LogP contribution in [0.15, 0.2) is 0 Å². The van der Waals surface area contributed by atoms with Gasteiger partial charge in [-0.25, -0.2) is 0 Å². The molecule has 0 saturated carbocycles. The zero-order valence-corrected chi connectivity index (χ0v) is 21.1. The summed E-state index contributed by atoms with van der Waals surface area (Å²) in [6, 6.07) is 0. The topological polar surface area (TPSA) is 154 Å². The molecule has 0 aliphatic rings. The van der Waals surface area contributed by atoms with Gasteiger partial charge in [0.25, 0.3) is 0 Å².